The first-order chi connectivity index (χ1) is 17.1. The average molecular weight is 516 g/mol. The molecule has 12 heteroatoms. The summed E-state index contributed by atoms with van der Waals surface area (Å²) in [5.41, 5.74) is 2.24. The quantitative estimate of drug-likeness (QED) is 0.373. The standard InChI is InChI=1S/C24H29N5O6S/c1-13(25-22(32)35-24(2,3)4)20-27-28-23(34-20)36-12-19(30)29-11-17-15(10-18(29)21(31)33-5)14-8-6-7-9-16(14)26-17/h6-9,13,18,26H,10-12H2,1-5H3,(H,25,32)/t13-,18+/m0/s1. The van der Waals surface area contributed by atoms with Crippen molar-refractivity contribution in [2.45, 2.75) is 63.6 Å². The van der Waals surface area contributed by atoms with Crippen LogP contribution in [0, 0.1) is 0 Å². The Kier molecular flexibility index (Phi) is 7.25. The molecule has 1 aromatic carbocycles. The number of H-pyrrole nitrogens is 1. The highest BCUT2D eigenvalue weighted by Gasteiger charge is 2.37. The Balaban J connectivity index is 1.41. The number of hydrogen-bond acceptors (Lipinski definition) is 9. The van der Waals surface area contributed by atoms with E-state index in [1.807, 2.05) is 24.3 Å². The number of methoxy groups -OCH3 is 1. The topological polar surface area (TPSA) is 140 Å². The molecule has 11 nitrogen and oxygen atoms in total. The molecule has 2 N–H and O–H groups in total. The molecule has 1 aliphatic rings. The Labute approximate surface area is 212 Å². The molecule has 0 aliphatic carbocycles. The SMILES string of the molecule is COC(=O)[C@H]1Cc2c([nH]c3ccccc23)CN1C(=O)CSc1nnc([C@H](C)NC(=O)OC(C)(C)C)o1. The maximum absolute atomic E-state index is 13.2. The van der Waals surface area contributed by atoms with Gasteiger partial charge in [-0.3, -0.25) is 4.79 Å². The number of nitrogens with zero attached hydrogens (tertiary/aromatic N) is 3. The number of ether oxygens (including phenoxy) is 2. The molecule has 2 amide bonds. The number of carbonyl (C=O) groups is 3. The van der Waals surface area contributed by atoms with Gasteiger partial charge in [-0.15, -0.1) is 10.2 Å². The van der Waals surface area contributed by atoms with Crippen molar-refractivity contribution in [3.05, 3.63) is 41.4 Å². The number of aromatic nitrogens is 3. The van der Waals surface area contributed by atoms with E-state index >= 15 is 0 Å². The minimum absolute atomic E-state index is 0.0153. The molecule has 0 saturated carbocycles. The third-order valence-corrected chi connectivity index (χ3v) is 6.45. The molecule has 1 aliphatic heterocycles. The second-order valence-electron chi connectivity index (χ2n) is 9.46. The van der Waals surface area contributed by atoms with E-state index in [0.717, 1.165) is 33.9 Å². The third kappa shape index (κ3) is 5.64. The molecule has 0 spiro atoms. The van der Waals surface area contributed by atoms with Crippen LogP contribution >= 0.6 is 11.8 Å². The number of carbonyl (C=O) groups excluding carboxylic acids is 3. The minimum Gasteiger partial charge on any atom is -0.467 e. The Morgan fingerprint density at radius 1 is 1.28 bits per heavy atom. The Hall–Kier alpha value is -3.54. The molecular formula is C24H29N5O6S. The Morgan fingerprint density at radius 2 is 2.03 bits per heavy atom. The van der Waals surface area contributed by atoms with Crippen LogP contribution < -0.4 is 5.32 Å². The van der Waals surface area contributed by atoms with Crippen LogP contribution in [0.25, 0.3) is 10.9 Å². The summed E-state index contributed by atoms with van der Waals surface area (Å²) in [6.45, 7) is 7.24. The van der Waals surface area contributed by atoms with Crippen molar-refractivity contribution in [2.24, 2.45) is 0 Å². The molecule has 4 rings (SSSR count). The molecule has 3 heterocycles. The zero-order chi connectivity index (χ0) is 26.0. The van der Waals surface area contributed by atoms with E-state index in [0.29, 0.717) is 6.42 Å². The molecule has 36 heavy (non-hydrogen) atoms. The van der Waals surface area contributed by atoms with Gasteiger partial charge >= 0.3 is 12.1 Å². The Bertz CT molecular complexity index is 1280. The summed E-state index contributed by atoms with van der Waals surface area (Å²) in [7, 11) is 1.32. The van der Waals surface area contributed by atoms with Gasteiger partial charge in [-0.1, -0.05) is 30.0 Å². The van der Waals surface area contributed by atoms with Crippen LogP contribution in [0.5, 0.6) is 0 Å². The normalized spacial score (nSPS) is 16.4. The first-order valence-electron chi connectivity index (χ1n) is 11.5. The highest BCUT2D eigenvalue weighted by atomic mass is 32.2. The van der Waals surface area contributed by atoms with E-state index in [1.54, 1.807) is 27.7 Å². The predicted octanol–water partition coefficient (Wildman–Crippen LogP) is 3.36. The fraction of sp³-hybridized carbons (Fsp3) is 0.458. The summed E-state index contributed by atoms with van der Waals surface area (Å²) >= 11 is 1.06. The molecule has 192 valence electrons. The number of rotatable bonds is 6. The fourth-order valence-corrected chi connectivity index (χ4v) is 4.68. The lowest BCUT2D eigenvalue weighted by molar-refractivity contribution is -0.153. The first kappa shape index (κ1) is 25.5. The lowest BCUT2D eigenvalue weighted by Crippen LogP contribution is -2.49. The molecule has 0 fully saturated rings. The zero-order valence-electron chi connectivity index (χ0n) is 20.8. The van der Waals surface area contributed by atoms with Gasteiger partial charge in [-0.25, -0.2) is 9.59 Å². The molecule has 0 radical (unpaired) electrons. The number of fused-ring (bicyclic) bond motifs is 3. The summed E-state index contributed by atoms with van der Waals surface area (Å²) in [5.74, 6) is -0.562. The van der Waals surface area contributed by atoms with Gasteiger partial charge in [0.2, 0.25) is 11.8 Å². The number of alkyl carbamates (subject to hydrolysis) is 1. The van der Waals surface area contributed by atoms with Crippen molar-refractivity contribution >= 4 is 40.6 Å². The lowest BCUT2D eigenvalue weighted by Gasteiger charge is -2.33. The smallest absolute Gasteiger partial charge is 0.408 e. The summed E-state index contributed by atoms with van der Waals surface area (Å²) in [5, 5.41) is 11.8. The number of esters is 1. The van der Waals surface area contributed by atoms with Crippen molar-refractivity contribution in [1.82, 2.24) is 25.4 Å². The minimum atomic E-state index is -0.730. The number of aromatic amines is 1. The second kappa shape index (κ2) is 10.2. The van der Waals surface area contributed by atoms with E-state index in [-0.39, 0.29) is 29.3 Å². The number of amides is 2. The molecule has 3 aromatic rings. The molecule has 2 aromatic heterocycles. The number of hydrogen-bond donors (Lipinski definition) is 2. The van der Waals surface area contributed by atoms with Crippen LogP contribution in [0.4, 0.5) is 4.79 Å². The summed E-state index contributed by atoms with van der Waals surface area (Å²) < 4.78 is 15.8. The van der Waals surface area contributed by atoms with Crippen LogP contribution in [-0.4, -0.2) is 62.6 Å². The van der Waals surface area contributed by atoms with Gasteiger partial charge in [-0.05, 0) is 39.3 Å². The molecule has 0 bridgehead atoms. The molecule has 0 saturated heterocycles. The summed E-state index contributed by atoms with van der Waals surface area (Å²) in [4.78, 5) is 42.6. The lowest BCUT2D eigenvalue weighted by atomic mass is 9.96. The van der Waals surface area contributed by atoms with Crippen LogP contribution in [-0.2, 0) is 32.0 Å². The van der Waals surface area contributed by atoms with Gasteiger partial charge in [0, 0.05) is 23.0 Å². The van der Waals surface area contributed by atoms with Crippen molar-refractivity contribution in [1.29, 1.82) is 0 Å². The Morgan fingerprint density at radius 3 is 2.75 bits per heavy atom. The average Bonchev–Trinajstić information content (AvgIpc) is 3.44. The third-order valence-electron chi connectivity index (χ3n) is 5.64. The van der Waals surface area contributed by atoms with Gasteiger partial charge in [0.1, 0.15) is 17.7 Å². The van der Waals surface area contributed by atoms with Gasteiger partial charge in [-0.2, -0.15) is 0 Å². The number of thioether (sulfide) groups is 1. The van der Waals surface area contributed by atoms with Crippen LogP contribution in [0.2, 0.25) is 0 Å². The van der Waals surface area contributed by atoms with E-state index in [2.05, 4.69) is 20.5 Å². The second-order valence-corrected chi connectivity index (χ2v) is 10.4. The van der Waals surface area contributed by atoms with Crippen molar-refractivity contribution in [3.63, 3.8) is 0 Å². The molecule has 0 unspecified atom stereocenters. The van der Waals surface area contributed by atoms with E-state index in [1.165, 1.54) is 12.0 Å². The van der Waals surface area contributed by atoms with E-state index in [9.17, 15) is 14.4 Å². The van der Waals surface area contributed by atoms with E-state index < -0.39 is 29.7 Å². The first-order valence-corrected chi connectivity index (χ1v) is 12.5. The van der Waals surface area contributed by atoms with Crippen molar-refractivity contribution < 1.29 is 28.3 Å². The molecule has 2 atom stereocenters. The van der Waals surface area contributed by atoms with Crippen LogP contribution in [0.3, 0.4) is 0 Å². The predicted molar refractivity (Wildman–Crippen MR) is 131 cm³/mol. The van der Waals surface area contributed by atoms with E-state index in [4.69, 9.17) is 13.9 Å². The van der Waals surface area contributed by atoms with Crippen LogP contribution in [0.15, 0.2) is 33.9 Å². The zero-order valence-corrected chi connectivity index (χ0v) is 21.6. The fourth-order valence-electron chi connectivity index (χ4n) is 4.02. The maximum atomic E-state index is 13.2. The molecular weight excluding hydrogens is 486 g/mol. The summed E-state index contributed by atoms with van der Waals surface area (Å²) in [6.07, 6.45) is -0.242. The summed E-state index contributed by atoms with van der Waals surface area (Å²) in [6, 6.07) is 6.53. The van der Waals surface area contributed by atoms with Gasteiger partial charge in [0.15, 0.2) is 0 Å². The maximum Gasteiger partial charge on any atom is 0.408 e. The van der Waals surface area contributed by atoms with Crippen molar-refractivity contribution in [3.8, 4) is 0 Å². The highest BCUT2D eigenvalue weighted by Crippen LogP contribution is 2.31. The largest absolute Gasteiger partial charge is 0.467 e. The van der Waals surface area contributed by atoms with Gasteiger partial charge in [0.05, 0.1) is 19.4 Å². The number of para-hydroxylation sites is 1. The number of benzene rings is 1. The highest BCUT2D eigenvalue weighted by molar-refractivity contribution is 7.99. The number of nitrogens with one attached hydrogen (secondary N) is 2. The van der Waals surface area contributed by atoms with Crippen LogP contribution in [0.1, 0.15) is 50.9 Å². The van der Waals surface area contributed by atoms with Gasteiger partial charge < -0.3 is 29.1 Å². The monoisotopic (exact) mass is 515 g/mol. The van der Waals surface area contributed by atoms with Gasteiger partial charge in [0.25, 0.3) is 5.22 Å². The van der Waals surface area contributed by atoms with Crippen molar-refractivity contribution in [2.75, 3.05) is 12.9 Å².